The SMILES string of the molecule is CC1COC(CO)CN1C(=O)c1cn(C)c2ccccc12. The van der Waals surface area contributed by atoms with Gasteiger partial charge >= 0.3 is 0 Å². The van der Waals surface area contributed by atoms with Gasteiger partial charge in [0.25, 0.3) is 5.91 Å². The number of nitrogens with zero attached hydrogens (tertiary/aromatic N) is 2. The summed E-state index contributed by atoms with van der Waals surface area (Å²) in [6.07, 6.45) is 1.59. The van der Waals surface area contributed by atoms with Crippen molar-refractivity contribution in [3.63, 3.8) is 0 Å². The van der Waals surface area contributed by atoms with Gasteiger partial charge in [-0.15, -0.1) is 0 Å². The lowest BCUT2D eigenvalue weighted by atomic mass is 10.1. The Kier molecular flexibility index (Phi) is 3.69. The smallest absolute Gasteiger partial charge is 0.256 e. The van der Waals surface area contributed by atoms with E-state index in [9.17, 15) is 9.90 Å². The fraction of sp³-hybridized carbons (Fsp3) is 0.438. The Morgan fingerprint density at radius 2 is 2.19 bits per heavy atom. The number of morpholine rings is 1. The molecule has 0 saturated carbocycles. The number of ether oxygens (including phenoxy) is 1. The molecule has 3 rings (SSSR count). The number of aliphatic hydroxyl groups excluding tert-OH is 1. The van der Waals surface area contributed by atoms with Crippen molar-refractivity contribution >= 4 is 16.8 Å². The molecule has 112 valence electrons. The van der Waals surface area contributed by atoms with Gasteiger partial charge in [-0.3, -0.25) is 4.79 Å². The van der Waals surface area contributed by atoms with Crippen LogP contribution in [0.25, 0.3) is 10.9 Å². The molecule has 5 heteroatoms. The number of para-hydroxylation sites is 1. The van der Waals surface area contributed by atoms with Gasteiger partial charge in [0.1, 0.15) is 0 Å². The summed E-state index contributed by atoms with van der Waals surface area (Å²) in [5.74, 6) is 0.000972. The second kappa shape index (κ2) is 5.50. The highest BCUT2D eigenvalue weighted by atomic mass is 16.5. The molecule has 1 aromatic carbocycles. The standard InChI is InChI=1S/C16H20N2O3/c1-11-10-21-12(9-19)7-18(11)16(20)14-8-17(2)15-6-4-3-5-13(14)15/h3-6,8,11-12,19H,7,9-10H2,1-2H3. The Morgan fingerprint density at radius 3 is 2.95 bits per heavy atom. The predicted octanol–water partition coefficient (Wildman–Crippen LogP) is 1.40. The van der Waals surface area contributed by atoms with Crippen LogP contribution in [-0.4, -0.2) is 52.4 Å². The minimum atomic E-state index is -0.292. The molecule has 2 heterocycles. The average molecular weight is 288 g/mol. The lowest BCUT2D eigenvalue weighted by Gasteiger charge is -2.37. The van der Waals surface area contributed by atoms with Gasteiger partial charge in [0.15, 0.2) is 0 Å². The third-order valence-corrected chi connectivity index (χ3v) is 4.10. The molecule has 0 spiro atoms. The quantitative estimate of drug-likeness (QED) is 0.909. The van der Waals surface area contributed by atoms with Crippen LogP contribution >= 0.6 is 0 Å². The van der Waals surface area contributed by atoms with Crippen molar-refractivity contribution in [1.82, 2.24) is 9.47 Å². The van der Waals surface area contributed by atoms with Gasteiger partial charge in [-0.25, -0.2) is 0 Å². The Hall–Kier alpha value is -1.85. The van der Waals surface area contributed by atoms with E-state index >= 15 is 0 Å². The first-order chi connectivity index (χ1) is 10.1. The Balaban J connectivity index is 1.96. The second-order valence-corrected chi connectivity index (χ2v) is 5.62. The van der Waals surface area contributed by atoms with Crippen LogP contribution in [0.15, 0.2) is 30.5 Å². The van der Waals surface area contributed by atoms with Crippen LogP contribution in [0, 0.1) is 0 Å². The van der Waals surface area contributed by atoms with Crippen LogP contribution < -0.4 is 0 Å². The van der Waals surface area contributed by atoms with E-state index in [1.54, 1.807) is 4.90 Å². The van der Waals surface area contributed by atoms with Crippen LogP contribution in [0.2, 0.25) is 0 Å². The van der Waals surface area contributed by atoms with Crippen LogP contribution in [0.5, 0.6) is 0 Å². The number of carbonyl (C=O) groups excluding carboxylic acids is 1. The fourth-order valence-corrected chi connectivity index (χ4v) is 2.88. The molecular weight excluding hydrogens is 268 g/mol. The van der Waals surface area contributed by atoms with Crippen LogP contribution in [0.4, 0.5) is 0 Å². The first-order valence-corrected chi connectivity index (χ1v) is 7.19. The minimum Gasteiger partial charge on any atom is -0.394 e. The lowest BCUT2D eigenvalue weighted by Crippen LogP contribution is -2.52. The number of carbonyl (C=O) groups is 1. The number of hydrogen-bond donors (Lipinski definition) is 1. The largest absolute Gasteiger partial charge is 0.394 e. The van der Waals surface area contributed by atoms with E-state index < -0.39 is 0 Å². The summed E-state index contributed by atoms with van der Waals surface area (Å²) in [5.41, 5.74) is 1.75. The van der Waals surface area contributed by atoms with E-state index in [0.29, 0.717) is 18.7 Å². The van der Waals surface area contributed by atoms with Gasteiger partial charge in [0.2, 0.25) is 0 Å². The molecule has 1 aliphatic heterocycles. The van der Waals surface area contributed by atoms with Gasteiger partial charge in [0, 0.05) is 30.7 Å². The molecule has 2 unspecified atom stereocenters. The van der Waals surface area contributed by atoms with Crippen LogP contribution in [0.1, 0.15) is 17.3 Å². The second-order valence-electron chi connectivity index (χ2n) is 5.62. The maximum Gasteiger partial charge on any atom is 0.256 e. The average Bonchev–Trinajstić information content (AvgIpc) is 2.85. The van der Waals surface area contributed by atoms with E-state index in [2.05, 4.69) is 0 Å². The normalized spacial score (nSPS) is 22.7. The van der Waals surface area contributed by atoms with Crippen molar-refractivity contribution < 1.29 is 14.6 Å². The molecule has 1 N–H and O–H groups in total. The zero-order valence-electron chi connectivity index (χ0n) is 12.3. The molecule has 1 aromatic heterocycles. The molecule has 21 heavy (non-hydrogen) atoms. The summed E-state index contributed by atoms with van der Waals surface area (Å²) >= 11 is 0. The van der Waals surface area contributed by atoms with Crippen molar-refractivity contribution in [2.75, 3.05) is 19.8 Å². The summed E-state index contributed by atoms with van der Waals surface area (Å²) < 4.78 is 7.47. The van der Waals surface area contributed by atoms with Gasteiger partial charge in [-0.2, -0.15) is 0 Å². The molecule has 5 nitrogen and oxygen atoms in total. The zero-order chi connectivity index (χ0) is 15.0. The highest BCUT2D eigenvalue weighted by Crippen LogP contribution is 2.24. The number of rotatable bonds is 2. The summed E-state index contributed by atoms with van der Waals surface area (Å²) in [6.45, 7) is 2.80. The Bertz CT molecular complexity index is 665. The first-order valence-electron chi connectivity index (χ1n) is 7.19. The van der Waals surface area contributed by atoms with Crippen molar-refractivity contribution in [2.24, 2.45) is 7.05 Å². The van der Waals surface area contributed by atoms with Crippen molar-refractivity contribution in [1.29, 1.82) is 0 Å². The molecule has 2 aromatic rings. The number of aliphatic hydroxyl groups is 1. The van der Waals surface area contributed by atoms with Gasteiger partial charge in [-0.05, 0) is 13.0 Å². The highest BCUT2D eigenvalue weighted by Gasteiger charge is 2.31. The summed E-state index contributed by atoms with van der Waals surface area (Å²) in [4.78, 5) is 14.7. The first kappa shape index (κ1) is 14.1. The predicted molar refractivity (Wildman–Crippen MR) is 80.2 cm³/mol. The molecule has 1 aliphatic rings. The zero-order valence-corrected chi connectivity index (χ0v) is 12.3. The van der Waals surface area contributed by atoms with Crippen molar-refractivity contribution in [3.05, 3.63) is 36.0 Å². The van der Waals surface area contributed by atoms with Crippen LogP contribution in [-0.2, 0) is 11.8 Å². The van der Waals surface area contributed by atoms with Crippen molar-refractivity contribution in [2.45, 2.75) is 19.1 Å². The number of benzene rings is 1. The third kappa shape index (κ3) is 2.43. The van der Waals surface area contributed by atoms with Crippen LogP contribution in [0.3, 0.4) is 0 Å². The number of aromatic nitrogens is 1. The number of hydrogen-bond acceptors (Lipinski definition) is 3. The van der Waals surface area contributed by atoms with Gasteiger partial charge in [-0.1, -0.05) is 18.2 Å². The lowest BCUT2D eigenvalue weighted by molar-refractivity contribution is -0.0667. The summed E-state index contributed by atoms with van der Waals surface area (Å²) in [6, 6.07) is 7.90. The summed E-state index contributed by atoms with van der Waals surface area (Å²) in [7, 11) is 1.94. The maximum absolute atomic E-state index is 12.9. The Labute approximate surface area is 123 Å². The van der Waals surface area contributed by atoms with Crippen molar-refractivity contribution in [3.8, 4) is 0 Å². The van der Waals surface area contributed by atoms with E-state index in [0.717, 1.165) is 10.9 Å². The topological polar surface area (TPSA) is 54.7 Å². The van der Waals surface area contributed by atoms with E-state index in [-0.39, 0.29) is 24.7 Å². The molecular formula is C16H20N2O3. The molecule has 0 radical (unpaired) electrons. The maximum atomic E-state index is 12.9. The highest BCUT2D eigenvalue weighted by molar-refractivity contribution is 6.07. The molecule has 1 amide bonds. The minimum absolute atomic E-state index is 0.000972. The van der Waals surface area contributed by atoms with E-state index in [1.165, 1.54) is 0 Å². The number of aryl methyl sites for hydroxylation is 1. The molecule has 1 fully saturated rings. The molecule has 2 atom stereocenters. The number of fused-ring (bicyclic) bond motifs is 1. The van der Waals surface area contributed by atoms with E-state index in [4.69, 9.17) is 4.74 Å². The van der Waals surface area contributed by atoms with Gasteiger partial charge < -0.3 is 19.3 Å². The van der Waals surface area contributed by atoms with Gasteiger partial charge in [0.05, 0.1) is 30.9 Å². The number of amides is 1. The third-order valence-electron chi connectivity index (χ3n) is 4.10. The monoisotopic (exact) mass is 288 g/mol. The fourth-order valence-electron chi connectivity index (χ4n) is 2.88. The Morgan fingerprint density at radius 1 is 1.43 bits per heavy atom. The molecule has 0 aliphatic carbocycles. The summed E-state index contributed by atoms with van der Waals surface area (Å²) in [5, 5.41) is 10.2. The van der Waals surface area contributed by atoms with E-state index in [1.807, 2.05) is 49.0 Å². The molecule has 1 saturated heterocycles. The molecule has 0 bridgehead atoms.